The first-order chi connectivity index (χ1) is 14.3. The lowest BCUT2D eigenvalue weighted by atomic mass is 10.2. The number of nitrogens with one attached hydrogen (secondary N) is 2. The Morgan fingerprint density at radius 1 is 1.13 bits per heavy atom. The number of carbonyl (C=O) groups excluding carboxylic acids is 1. The van der Waals surface area contributed by atoms with Gasteiger partial charge in [-0.1, -0.05) is 24.3 Å². The van der Waals surface area contributed by atoms with Gasteiger partial charge < -0.3 is 9.88 Å². The van der Waals surface area contributed by atoms with Crippen LogP contribution in [0.1, 0.15) is 17.8 Å². The molecule has 30 heavy (non-hydrogen) atoms. The molecule has 1 aromatic heterocycles. The molecule has 0 spiro atoms. The normalized spacial score (nSPS) is 15.7. The zero-order chi connectivity index (χ0) is 21.3. The highest BCUT2D eigenvalue weighted by molar-refractivity contribution is 7.90. The van der Waals surface area contributed by atoms with Crippen molar-refractivity contribution in [1.29, 1.82) is 0 Å². The van der Waals surface area contributed by atoms with Crippen molar-refractivity contribution in [3.05, 3.63) is 70.3 Å². The fraction of sp³-hybridized carbons (Fsp3) is 0.200. The van der Waals surface area contributed by atoms with Gasteiger partial charge in [0.2, 0.25) is 5.91 Å². The van der Waals surface area contributed by atoms with Crippen molar-refractivity contribution in [3.8, 4) is 0 Å². The van der Waals surface area contributed by atoms with E-state index in [1.54, 1.807) is 49.5 Å². The Morgan fingerprint density at radius 2 is 1.87 bits per heavy atom. The molecule has 0 bridgehead atoms. The summed E-state index contributed by atoms with van der Waals surface area (Å²) in [7, 11) is -1.99. The summed E-state index contributed by atoms with van der Waals surface area (Å²) < 4.78 is 26.6. The first kappa shape index (κ1) is 19.8. The van der Waals surface area contributed by atoms with E-state index in [-0.39, 0.29) is 41.7 Å². The number of rotatable bonds is 5. The molecule has 0 fully saturated rings. The highest BCUT2D eigenvalue weighted by Gasteiger charge is 2.30. The Balaban J connectivity index is 1.42. The van der Waals surface area contributed by atoms with Gasteiger partial charge in [0.1, 0.15) is 11.7 Å². The van der Waals surface area contributed by atoms with E-state index in [4.69, 9.17) is 0 Å². The molecule has 4 rings (SSSR count). The maximum absolute atomic E-state index is 12.4. The number of fused-ring (bicyclic) bond motifs is 2. The van der Waals surface area contributed by atoms with Gasteiger partial charge in [-0.25, -0.2) is 13.4 Å². The summed E-state index contributed by atoms with van der Waals surface area (Å²) in [6.07, 6.45) is 0.0850. The van der Waals surface area contributed by atoms with Crippen molar-refractivity contribution in [2.75, 3.05) is 13.6 Å². The number of aliphatic imine (C=N–C) groups is 1. The van der Waals surface area contributed by atoms with E-state index in [1.807, 2.05) is 0 Å². The van der Waals surface area contributed by atoms with Crippen molar-refractivity contribution in [1.82, 2.24) is 19.6 Å². The molecule has 3 aromatic rings. The third-order valence-corrected chi connectivity index (χ3v) is 6.13. The quantitative estimate of drug-likeness (QED) is 0.631. The summed E-state index contributed by atoms with van der Waals surface area (Å²) >= 11 is 0. The number of benzene rings is 2. The molecule has 2 heterocycles. The topological polar surface area (TPSA) is 125 Å². The minimum absolute atomic E-state index is 0.0850. The molecule has 0 saturated heterocycles. The number of sulfonamides is 1. The highest BCUT2D eigenvalue weighted by Crippen LogP contribution is 2.22. The van der Waals surface area contributed by atoms with Crippen LogP contribution in [0.4, 0.5) is 0 Å². The Labute approximate surface area is 172 Å². The SMILES string of the molecule is CN(Cc1nc2ccccc2c(=O)[nH]1)C(=O)CCN=C1NS(=O)(=O)c2ccccc21. The molecule has 0 aliphatic carbocycles. The third-order valence-electron chi connectivity index (χ3n) is 4.73. The fourth-order valence-corrected chi connectivity index (χ4v) is 4.48. The van der Waals surface area contributed by atoms with Crippen LogP contribution in [0.2, 0.25) is 0 Å². The van der Waals surface area contributed by atoms with E-state index < -0.39 is 10.0 Å². The molecule has 1 aliphatic rings. The lowest BCUT2D eigenvalue weighted by molar-refractivity contribution is -0.130. The van der Waals surface area contributed by atoms with Gasteiger partial charge in [0.15, 0.2) is 0 Å². The number of para-hydroxylation sites is 1. The molecule has 9 nitrogen and oxygen atoms in total. The number of hydrogen-bond acceptors (Lipinski definition) is 6. The maximum Gasteiger partial charge on any atom is 0.263 e. The van der Waals surface area contributed by atoms with E-state index in [1.165, 1.54) is 11.0 Å². The molecule has 1 amide bonds. The van der Waals surface area contributed by atoms with Gasteiger partial charge in [0.05, 0.1) is 28.9 Å². The number of aromatic nitrogens is 2. The summed E-state index contributed by atoms with van der Waals surface area (Å²) in [5, 5.41) is 0.491. The van der Waals surface area contributed by atoms with E-state index in [2.05, 4.69) is 19.7 Å². The van der Waals surface area contributed by atoms with Crippen LogP contribution in [0.25, 0.3) is 10.9 Å². The molecule has 1 aliphatic heterocycles. The van der Waals surface area contributed by atoms with E-state index in [0.717, 1.165) is 0 Å². The van der Waals surface area contributed by atoms with Crippen LogP contribution in [0.3, 0.4) is 0 Å². The van der Waals surface area contributed by atoms with E-state index in [0.29, 0.717) is 22.3 Å². The molecule has 0 unspecified atom stereocenters. The van der Waals surface area contributed by atoms with Crippen LogP contribution in [0, 0.1) is 0 Å². The second-order valence-electron chi connectivity index (χ2n) is 6.86. The predicted octanol–water partition coefficient (Wildman–Crippen LogP) is 1.01. The van der Waals surface area contributed by atoms with Gasteiger partial charge >= 0.3 is 0 Å². The Bertz CT molecular complexity index is 1330. The zero-order valence-electron chi connectivity index (χ0n) is 16.1. The monoisotopic (exact) mass is 425 g/mol. The lowest BCUT2D eigenvalue weighted by Crippen LogP contribution is -2.29. The molecular weight excluding hydrogens is 406 g/mol. The summed E-state index contributed by atoms with van der Waals surface area (Å²) in [4.78, 5) is 37.5. The third kappa shape index (κ3) is 3.81. The van der Waals surface area contributed by atoms with E-state index in [9.17, 15) is 18.0 Å². The molecule has 2 aromatic carbocycles. The zero-order valence-corrected chi connectivity index (χ0v) is 16.9. The van der Waals surface area contributed by atoms with Gasteiger partial charge in [-0.05, 0) is 24.3 Å². The Hall–Kier alpha value is -3.53. The molecule has 154 valence electrons. The van der Waals surface area contributed by atoms with Gasteiger partial charge in [-0.15, -0.1) is 0 Å². The number of H-pyrrole nitrogens is 1. The van der Waals surface area contributed by atoms with Crippen LogP contribution in [0.5, 0.6) is 0 Å². The molecule has 0 saturated carbocycles. The average Bonchev–Trinajstić information content (AvgIpc) is 2.98. The minimum atomic E-state index is -3.60. The van der Waals surface area contributed by atoms with Crippen LogP contribution in [0.15, 0.2) is 63.2 Å². The number of nitrogens with zero attached hydrogens (tertiary/aromatic N) is 3. The number of amidine groups is 1. The first-order valence-electron chi connectivity index (χ1n) is 9.24. The lowest BCUT2D eigenvalue weighted by Gasteiger charge is -2.16. The summed E-state index contributed by atoms with van der Waals surface area (Å²) in [6.45, 7) is 0.266. The maximum atomic E-state index is 12.4. The van der Waals surface area contributed by atoms with Crippen LogP contribution in [-0.2, 0) is 21.4 Å². The second-order valence-corrected chi connectivity index (χ2v) is 8.51. The van der Waals surface area contributed by atoms with Crippen LogP contribution < -0.4 is 10.3 Å². The van der Waals surface area contributed by atoms with E-state index >= 15 is 0 Å². The molecule has 10 heteroatoms. The largest absolute Gasteiger partial charge is 0.338 e. The van der Waals surface area contributed by atoms with Crippen molar-refractivity contribution in [2.24, 2.45) is 4.99 Å². The standard InChI is InChI=1S/C20H19N5O4S/c1-25(12-17-22-15-8-4-2-6-13(15)20(27)23-17)18(26)10-11-21-19-14-7-3-5-9-16(14)30(28,29)24-19/h2-9H,10-12H2,1H3,(H,21,24)(H,22,23,27). The van der Waals surface area contributed by atoms with Gasteiger partial charge in [-0.3, -0.25) is 19.3 Å². The summed E-state index contributed by atoms with van der Waals surface area (Å²) in [5.74, 6) is 0.421. The summed E-state index contributed by atoms with van der Waals surface area (Å²) in [5.41, 5.74) is 0.807. The molecule has 0 radical (unpaired) electrons. The second kappa shape index (κ2) is 7.71. The summed E-state index contributed by atoms with van der Waals surface area (Å²) in [6, 6.07) is 13.5. The molecule has 0 atom stereocenters. The first-order valence-corrected chi connectivity index (χ1v) is 10.7. The number of carbonyl (C=O) groups is 1. The van der Waals surface area contributed by atoms with Gasteiger partial charge in [0, 0.05) is 19.0 Å². The number of hydrogen-bond donors (Lipinski definition) is 2. The molecule has 2 N–H and O–H groups in total. The van der Waals surface area contributed by atoms with Crippen molar-refractivity contribution < 1.29 is 13.2 Å². The smallest absolute Gasteiger partial charge is 0.263 e. The van der Waals surface area contributed by atoms with Crippen molar-refractivity contribution >= 4 is 32.7 Å². The van der Waals surface area contributed by atoms with Crippen molar-refractivity contribution in [3.63, 3.8) is 0 Å². The minimum Gasteiger partial charge on any atom is -0.338 e. The van der Waals surface area contributed by atoms with Crippen LogP contribution >= 0.6 is 0 Å². The highest BCUT2D eigenvalue weighted by atomic mass is 32.2. The van der Waals surface area contributed by atoms with Crippen LogP contribution in [-0.4, -0.2) is 48.6 Å². The Kier molecular flexibility index (Phi) is 5.08. The molecular formula is C20H19N5O4S. The Morgan fingerprint density at radius 3 is 2.70 bits per heavy atom. The van der Waals surface area contributed by atoms with Gasteiger partial charge in [-0.2, -0.15) is 0 Å². The van der Waals surface area contributed by atoms with Gasteiger partial charge in [0.25, 0.3) is 15.6 Å². The average molecular weight is 425 g/mol. The fourth-order valence-electron chi connectivity index (χ4n) is 3.23. The number of amides is 1. The predicted molar refractivity (Wildman–Crippen MR) is 112 cm³/mol. The number of aromatic amines is 1. The van der Waals surface area contributed by atoms with Crippen molar-refractivity contribution in [2.45, 2.75) is 17.9 Å².